The molecule has 2 aromatic rings. The van der Waals surface area contributed by atoms with Gasteiger partial charge in [0.25, 0.3) is 0 Å². The van der Waals surface area contributed by atoms with Crippen molar-refractivity contribution in [3.8, 4) is 0 Å². The van der Waals surface area contributed by atoms with Gasteiger partial charge in [-0.25, -0.2) is 18.2 Å². The van der Waals surface area contributed by atoms with Crippen LogP contribution in [-0.4, -0.2) is 4.98 Å². The summed E-state index contributed by atoms with van der Waals surface area (Å²) < 4.78 is 39.6. The van der Waals surface area contributed by atoms with Gasteiger partial charge in [0.2, 0.25) is 0 Å². The molecule has 0 radical (unpaired) electrons. The first kappa shape index (κ1) is 11.9. The van der Waals surface area contributed by atoms with Crippen LogP contribution in [0, 0.1) is 17.5 Å². The minimum atomic E-state index is -1.23. The first-order valence-electron chi connectivity index (χ1n) is 4.60. The second-order valence-corrected chi connectivity index (χ2v) is 4.06. The molecular weight excluding hydrogens is 297 g/mol. The molecule has 6 heteroatoms. The van der Waals surface area contributed by atoms with Gasteiger partial charge >= 0.3 is 0 Å². The molecule has 1 N–H and O–H groups in total. The van der Waals surface area contributed by atoms with Crippen LogP contribution < -0.4 is 5.32 Å². The molecule has 0 aliphatic carbocycles. The topological polar surface area (TPSA) is 24.9 Å². The van der Waals surface area contributed by atoms with Crippen molar-refractivity contribution in [2.45, 2.75) is 0 Å². The molecule has 0 spiro atoms. The van der Waals surface area contributed by atoms with Gasteiger partial charge in [-0.2, -0.15) is 0 Å². The summed E-state index contributed by atoms with van der Waals surface area (Å²) in [4.78, 5) is 3.93. The Hall–Kier alpha value is -1.56. The van der Waals surface area contributed by atoms with Crippen molar-refractivity contribution in [1.82, 2.24) is 4.98 Å². The van der Waals surface area contributed by atoms with Crippen LogP contribution in [0.1, 0.15) is 0 Å². The maximum absolute atomic E-state index is 13.3. The van der Waals surface area contributed by atoms with E-state index in [9.17, 15) is 13.2 Å². The second kappa shape index (κ2) is 4.75. The third-order valence-electron chi connectivity index (χ3n) is 2.02. The Labute approximate surface area is 104 Å². The number of anilines is 2. The standard InChI is InChI=1S/C11H6BrF3N2/c12-6-2-1-3-16-11(6)17-10-5-8(14)7(13)4-9(10)15/h1-5H,(H,16,17). The summed E-state index contributed by atoms with van der Waals surface area (Å²) in [7, 11) is 0. The molecule has 0 fully saturated rings. The molecule has 0 atom stereocenters. The van der Waals surface area contributed by atoms with E-state index < -0.39 is 17.5 Å². The molecule has 1 heterocycles. The molecule has 0 aliphatic rings. The van der Waals surface area contributed by atoms with Crippen LogP contribution in [0.15, 0.2) is 34.9 Å². The maximum atomic E-state index is 13.3. The molecule has 1 aromatic heterocycles. The Bertz CT molecular complexity index is 560. The predicted octanol–water partition coefficient (Wildman–Crippen LogP) is 4.00. The fourth-order valence-electron chi connectivity index (χ4n) is 1.22. The summed E-state index contributed by atoms with van der Waals surface area (Å²) in [6.07, 6.45) is 1.49. The number of hydrogen-bond acceptors (Lipinski definition) is 2. The summed E-state index contributed by atoms with van der Waals surface area (Å²) in [5, 5.41) is 2.57. The van der Waals surface area contributed by atoms with E-state index in [-0.39, 0.29) is 5.69 Å². The number of rotatable bonds is 2. The van der Waals surface area contributed by atoms with Gasteiger partial charge in [-0.3, -0.25) is 0 Å². The number of benzene rings is 1. The van der Waals surface area contributed by atoms with Crippen molar-refractivity contribution < 1.29 is 13.2 Å². The van der Waals surface area contributed by atoms with Gasteiger partial charge in [0, 0.05) is 18.3 Å². The zero-order valence-corrected chi connectivity index (χ0v) is 9.93. The molecule has 2 nitrogen and oxygen atoms in total. The quantitative estimate of drug-likeness (QED) is 0.848. The smallest absolute Gasteiger partial charge is 0.161 e. The van der Waals surface area contributed by atoms with E-state index in [0.29, 0.717) is 16.4 Å². The number of nitrogens with one attached hydrogen (secondary N) is 1. The fourth-order valence-corrected chi connectivity index (χ4v) is 1.58. The van der Waals surface area contributed by atoms with Crippen LogP contribution in [-0.2, 0) is 0 Å². The molecule has 2 rings (SSSR count). The van der Waals surface area contributed by atoms with Gasteiger partial charge in [0.05, 0.1) is 10.2 Å². The van der Waals surface area contributed by atoms with Crippen LogP contribution in [0.25, 0.3) is 0 Å². The first-order chi connectivity index (χ1) is 8.08. The highest BCUT2D eigenvalue weighted by atomic mass is 79.9. The van der Waals surface area contributed by atoms with Crippen LogP contribution in [0.4, 0.5) is 24.7 Å². The van der Waals surface area contributed by atoms with E-state index in [0.717, 1.165) is 6.07 Å². The first-order valence-corrected chi connectivity index (χ1v) is 5.39. The molecule has 0 unspecified atom stereocenters. The number of hydrogen-bond donors (Lipinski definition) is 1. The van der Waals surface area contributed by atoms with Crippen LogP contribution in [0.3, 0.4) is 0 Å². The third-order valence-corrected chi connectivity index (χ3v) is 2.66. The Morgan fingerprint density at radius 2 is 1.76 bits per heavy atom. The second-order valence-electron chi connectivity index (χ2n) is 3.20. The molecule has 88 valence electrons. The lowest BCUT2D eigenvalue weighted by atomic mass is 10.3. The average Bonchev–Trinajstić information content (AvgIpc) is 2.29. The Morgan fingerprint density at radius 3 is 2.47 bits per heavy atom. The van der Waals surface area contributed by atoms with Gasteiger partial charge in [0.15, 0.2) is 11.6 Å². The molecule has 0 aliphatic heterocycles. The van der Waals surface area contributed by atoms with Crippen molar-refractivity contribution in [3.63, 3.8) is 0 Å². The van der Waals surface area contributed by atoms with Crippen molar-refractivity contribution in [2.75, 3.05) is 5.32 Å². The van der Waals surface area contributed by atoms with Gasteiger partial charge in [-0.15, -0.1) is 0 Å². The fraction of sp³-hybridized carbons (Fsp3) is 0. The normalized spacial score (nSPS) is 10.4. The van der Waals surface area contributed by atoms with E-state index in [2.05, 4.69) is 26.2 Å². The number of nitrogens with zero attached hydrogens (tertiary/aromatic N) is 1. The molecule has 0 saturated carbocycles. The zero-order chi connectivity index (χ0) is 12.4. The van der Waals surface area contributed by atoms with Crippen molar-refractivity contribution in [1.29, 1.82) is 0 Å². The summed E-state index contributed by atoms with van der Waals surface area (Å²) in [6, 6.07) is 4.59. The minimum Gasteiger partial charge on any atom is -0.337 e. The van der Waals surface area contributed by atoms with Gasteiger partial charge in [0.1, 0.15) is 11.6 Å². The predicted molar refractivity (Wildman–Crippen MR) is 61.5 cm³/mol. The Kier molecular flexibility index (Phi) is 3.33. The highest BCUT2D eigenvalue weighted by molar-refractivity contribution is 9.10. The molecule has 0 bridgehead atoms. The van der Waals surface area contributed by atoms with Crippen molar-refractivity contribution in [3.05, 3.63) is 52.4 Å². The average molecular weight is 303 g/mol. The molecule has 0 saturated heterocycles. The van der Waals surface area contributed by atoms with Gasteiger partial charge in [-0.1, -0.05) is 0 Å². The van der Waals surface area contributed by atoms with Crippen LogP contribution in [0.2, 0.25) is 0 Å². The lowest BCUT2D eigenvalue weighted by Crippen LogP contribution is -1.99. The summed E-state index contributed by atoms with van der Waals surface area (Å²) in [5.41, 5.74) is -0.177. The van der Waals surface area contributed by atoms with Crippen molar-refractivity contribution >= 4 is 27.4 Å². The molecule has 1 aromatic carbocycles. The van der Waals surface area contributed by atoms with Crippen LogP contribution >= 0.6 is 15.9 Å². The van der Waals surface area contributed by atoms with Gasteiger partial charge < -0.3 is 5.32 Å². The van der Waals surface area contributed by atoms with E-state index in [1.807, 2.05) is 0 Å². The summed E-state index contributed by atoms with van der Waals surface area (Å²) in [5.74, 6) is -2.92. The zero-order valence-electron chi connectivity index (χ0n) is 8.35. The van der Waals surface area contributed by atoms with Crippen LogP contribution in [0.5, 0.6) is 0 Å². The monoisotopic (exact) mass is 302 g/mol. The highest BCUT2D eigenvalue weighted by Gasteiger charge is 2.11. The maximum Gasteiger partial charge on any atom is 0.161 e. The van der Waals surface area contributed by atoms with E-state index in [1.54, 1.807) is 12.1 Å². The minimum absolute atomic E-state index is 0.177. The van der Waals surface area contributed by atoms with Gasteiger partial charge in [-0.05, 0) is 28.1 Å². The Balaban J connectivity index is 2.37. The summed E-state index contributed by atoms with van der Waals surface area (Å²) in [6.45, 7) is 0. The van der Waals surface area contributed by atoms with Crippen molar-refractivity contribution in [2.24, 2.45) is 0 Å². The number of halogens is 4. The summed E-state index contributed by atoms with van der Waals surface area (Å²) >= 11 is 3.20. The lowest BCUT2D eigenvalue weighted by Gasteiger charge is -2.08. The number of pyridine rings is 1. The van der Waals surface area contributed by atoms with E-state index >= 15 is 0 Å². The molecule has 0 amide bonds. The molecule has 17 heavy (non-hydrogen) atoms. The lowest BCUT2D eigenvalue weighted by molar-refractivity contribution is 0.496. The number of aromatic nitrogens is 1. The van der Waals surface area contributed by atoms with E-state index in [1.165, 1.54) is 6.20 Å². The largest absolute Gasteiger partial charge is 0.337 e. The van der Waals surface area contributed by atoms with E-state index in [4.69, 9.17) is 0 Å². The highest BCUT2D eigenvalue weighted by Crippen LogP contribution is 2.26. The molecular formula is C11H6BrF3N2. The SMILES string of the molecule is Fc1cc(F)c(Nc2ncccc2Br)cc1F. The third kappa shape index (κ3) is 2.58. The Morgan fingerprint density at radius 1 is 1.06 bits per heavy atom.